The molecule has 0 aliphatic carbocycles. The second-order valence-corrected chi connectivity index (χ2v) is 9.33. The standard InChI is InChI=1S/C23H29N5S/c1-27-12-10-18(11-13-27)28-14-8-17(9-15-28)24-22-19-5-2-3-6-20(19)25-23(26-22)21-7-4-16-29-21/h2-7,16-18H,8-15H2,1H3,(H,24,25,26). The van der Waals surface area contributed by atoms with Crippen LogP contribution in [0.2, 0.25) is 0 Å². The van der Waals surface area contributed by atoms with Crippen molar-refractivity contribution < 1.29 is 0 Å². The van der Waals surface area contributed by atoms with Crippen molar-refractivity contribution in [3.8, 4) is 10.7 Å². The highest BCUT2D eigenvalue weighted by molar-refractivity contribution is 7.13. The molecule has 0 amide bonds. The molecular formula is C23H29N5S. The van der Waals surface area contributed by atoms with Gasteiger partial charge >= 0.3 is 0 Å². The van der Waals surface area contributed by atoms with E-state index < -0.39 is 0 Å². The molecule has 0 radical (unpaired) electrons. The van der Waals surface area contributed by atoms with Crippen molar-refractivity contribution in [3.05, 3.63) is 41.8 Å². The number of para-hydroxylation sites is 1. The van der Waals surface area contributed by atoms with Crippen LogP contribution in [-0.4, -0.2) is 65.1 Å². The molecule has 1 N–H and O–H groups in total. The average Bonchev–Trinajstić information content (AvgIpc) is 3.30. The van der Waals surface area contributed by atoms with Gasteiger partial charge in [-0.05, 0) is 69.4 Å². The molecule has 0 spiro atoms. The second kappa shape index (κ2) is 8.38. The molecule has 2 fully saturated rings. The Hall–Kier alpha value is -2.02. The molecule has 5 rings (SSSR count). The van der Waals surface area contributed by atoms with E-state index in [-0.39, 0.29) is 0 Å². The van der Waals surface area contributed by atoms with Gasteiger partial charge in [0, 0.05) is 30.6 Å². The van der Waals surface area contributed by atoms with Crippen molar-refractivity contribution >= 4 is 28.1 Å². The maximum absolute atomic E-state index is 4.92. The number of fused-ring (bicyclic) bond motifs is 1. The lowest BCUT2D eigenvalue weighted by Gasteiger charge is -2.41. The van der Waals surface area contributed by atoms with Crippen molar-refractivity contribution in [1.29, 1.82) is 0 Å². The number of anilines is 1. The van der Waals surface area contributed by atoms with Crippen LogP contribution in [0, 0.1) is 0 Å². The van der Waals surface area contributed by atoms with Crippen molar-refractivity contribution in [2.24, 2.45) is 0 Å². The largest absolute Gasteiger partial charge is 0.367 e. The monoisotopic (exact) mass is 407 g/mol. The lowest BCUT2D eigenvalue weighted by atomic mass is 9.98. The lowest BCUT2D eigenvalue weighted by Crippen LogP contribution is -2.48. The minimum atomic E-state index is 0.479. The summed E-state index contributed by atoms with van der Waals surface area (Å²) >= 11 is 1.69. The summed E-state index contributed by atoms with van der Waals surface area (Å²) in [4.78, 5) is 16.0. The van der Waals surface area contributed by atoms with Gasteiger partial charge in [0.1, 0.15) is 5.82 Å². The van der Waals surface area contributed by atoms with Crippen molar-refractivity contribution in [3.63, 3.8) is 0 Å². The summed E-state index contributed by atoms with van der Waals surface area (Å²) in [6.07, 6.45) is 4.99. The van der Waals surface area contributed by atoms with Crippen LogP contribution < -0.4 is 5.32 Å². The number of nitrogens with one attached hydrogen (secondary N) is 1. The van der Waals surface area contributed by atoms with Gasteiger partial charge in [-0.3, -0.25) is 0 Å². The van der Waals surface area contributed by atoms with Gasteiger partial charge in [-0.15, -0.1) is 11.3 Å². The number of hydrogen-bond donors (Lipinski definition) is 1. The highest BCUT2D eigenvalue weighted by atomic mass is 32.1. The quantitative estimate of drug-likeness (QED) is 0.697. The SMILES string of the molecule is CN1CCC(N2CCC(Nc3nc(-c4cccs4)nc4ccccc34)CC2)CC1. The molecule has 2 aromatic heterocycles. The highest BCUT2D eigenvalue weighted by Crippen LogP contribution is 2.29. The minimum absolute atomic E-state index is 0.479. The molecule has 4 heterocycles. The molecule has 3 aromatic rings. The van der Waals surface area contributed by atoms with Crippen LogP contribution in [0.5, 0.6) is 0 Å². The summed E-state index contributed by atoms with van der Waals surface area (Å²) in [5.41, 5.74) is 1.01. The van der Waals surface area contributed by atoms with E-state index in [4.69, 9.17) is 9.97 Å². The van der Waals surface area contributed by atoms with Crippen LogP contribution in [-0.2, 0) is 0 Å². The maximum Gasteiger partial charge on any atom is 0.172 e. The zero-order valence-corrected chi connectivity index (χ0v) is 17.9. The number of nitrogens with zero attached hydrogens (tertiary/aromatic N) is 4. The van der Waals surface area contributed by atoms with Crippen LogP contribution in [0.4, 0.5) is 5.82 Å². The Labute approximate surface area is 176 Å². The number of benzene rings is 1. The minimum Gasteiger partial charge on any atom is -0.367 e. The third-order valence-electron chi connectivity index (χ3n) is 6.42. The fourth-order valence-corrected chi connectivity index (χ4v) is 5.32. The number of aromatic nitrogens is 2. The van der Waals surface area contributed by atoms with E-state index in [0.29, 0.717) is 6.04 Å². The van der Waals surface area contributed by atoms with Gasteiger partial charge in [0.05, 0.1) is 10.4 Å². The van der Waals surface area contributed by atoms with E-state index in [1.165, 1.54) is 51.9 Å². The molecule has 0 bridgehead atoms. The second-order valence-electron chi connectivity index (χ2n) is 8.38. The first kappa shape index (κ1) is 19.0. The number of thiophene rings is 1. The molecule has 1 aromatic carbocycles. The molecular weight excluding hydrogens is 378 g/mol. The van der Waals surface area contributed by atoms with Gasteiger partial charge in [0.15, 0.2) is 5.82 Å². The summed E-state index contributed by atoms with van der Waals surface area (Å²) in [6, 6.07) is 13.8. The fraction of sp³-hybridized carbons (Fsp3) is 0.478. The molecule has 6 heteroatoms. The van der Waals surface area contributed by atoms with E-state index in [0.717, 1.165) is 33.5 Å². The Morgan fingerprint density at radius 3 is 2.48 bits per heavy atom. The molecule has 5 nitrogen and oxygen atoms in total. The van der Waals surface area contributed by atoms with E-state index in [9.17, 15) is 0 Å². The number of rotatable bonds is 4. The predicted molar refractivity (Wildman–Crippen MR) is 122 cm³/mol. The average molecular weight is 408 g/mol. The van der Waals surface area contributed by atoms with Crippen LogP contribution in [0.15, 0.2) is 41.8 Å². The molecule has 2 aliphatic heterocycles. The summed E-state index contributed by atoms with van der Waals surface area (Å²) in [7, 11) is 2.24. The van der Waals surface area contributed by atoms with Gasteiger partial charge < -0.3 is 15.1 Å². The Balaban J connectivity index is 1.31. The van der Waals surface area contributed by atoms with Crippen LogP contribution in [0.3, 0.4) is 0 Å². The smallest absolute Gasteiger partial charge is 0.172 e. The topological polar surface area (TPSA) is 44.3 Å². The molecule has 0 unspecified atom stereocenters. The predicted octanol–water partition coefficient (Wildman–Crippen LogP) is 4.33. The summed E-state index contributed by atoms with van der Waals surface area (Å²) < 4.78 is 0. The third kappa shape index (κ3) is 4.15. The van der Waals surface area contributed by atoms with Crippen molar-refractivity contribution in [2.45, 2.75) is 37.8 Å². The van der Waals surface area contributed by atoms with E-state index >= 15 is 0 Å². The summed E-state index contributed by atoms with van der Waals surface area (Å²) in [6.45, 7) is 4.85. The fourth-order valence-electron chi connectivity index (χ4n) is 4.67. The number of likely N-dealkylation sites (tertiary alicyclic amines) is 2. The first-order valence-corrected chi connectivity index (χ1v) is 11.6. The zero-order chi connectivity index (χ0) is 19.6. The Morgan fingerprint density at radius 2 is 1.72 bits per heavy atom. The molecule has 152 valence electrons. The maximum atomic E-state index is 4.92. The van der Waals surface area contributed by atoms with Crippen LogP contribution >= 0.6 is 11.3 Å². The molecule has 0 atom stereocenters. The third-order valence-corrected chi connectivity index (χ3v) is 7.29. The Kier molecular flexibility index (Phi) is 5.48. The van der Waals surface area contributed by atoms with Gasteiger partial charge in [-0.25, -0.2) is 9.97 Å². The molecule has 0 saturated carbocycles. The number of piperidine rings is 2. The van der Waals surface area contributed by atoms with Gasteiger partial charge in [0.2, 0.25) is 0 Å². The van der Waals surface area contributed by atoms with Crippen LogP contribution in [0.1, 0.15) is 25.7 Å². The van der Waals surface area contributed by atoms with E-state index in [1.54, 1.807) is 11.3 Å². The van der Waals surface area contributed by atoms with Gasteiger partial charge in [0.25, 0.3) is 0 Å². The normalized spacial score (nSPS) is 20.3. The van der Waals surface area contributed by atoms with E-state index in [1.807, 2.05) is 0 Å². The van der Waals surface area contributed by atoms with Gasteiger partial charge in [-0.2, -0.15) is 0 Å². The van der Waals surface area contributed by atoms with Crippen molar-refractivity contribution in [1.82, 2.24) is 19.8 Å². The lowest BCUT2D eigenvalue weighted by molar-refractivity contribution is 0.0994. The Morgan fingerprint density at radius 1 is 0.931 bits per heavy atom. The van der Waals surface area contributed by atoms with Crippen molar-refractivity contribution in [2.75, 3.05) is 38.5 Å². The highest BCUT2D eigenvalue weighted by Gasteiger charge is 2.27. The zero-order valence-electron chi connectivity index (χ0n) is 17.1. The Bertz CT molecular complexity index is 941. The number of hydrogen-bond acceptors (Lipinski definition) is 6. The molecule has 2 aliphatic rings. The molecule has 29 heavy (non-hydrogen) atoms. The van der Waals surface area contributed by atoms with E-state index in [2.05, 4.69) is 63.9 Å². The first-order valence-electron chi connectivity index (χ1n) is 10.8. The molecule has 2 saturated heterocycles. The first-order chi connectivity index (χ1) is 14.3. The van der Waals surface area contributed by atoms with Gasteiger partial charge in [-0.1, -0.05) is 18.2 Å². The summed E-state index contributed by atoms with van der Waals surface area (Å²) in [5, 5.41) is 6.97. The van der Waals surface area contributed by atoms with Crippen LogP contribution in [0.25, 0.3) is 21.6 Å². The summed E-state index contributed by atoms with van der Waals surface area (Å²) in [5.74, 6) is 1.81.